The van der Waals surface area contributed by atoms with Crippen LogP contribution >= 0.6 is 0 Å². The minimum atomic E-state index is 0.229. The topological polar surface area (TPSA) is 32.7 Å². The van der Waals surface area contributed by atoms with Crippen LogP contribution in [0.3, 0.4) is 0 Å². The lowest BCUT2D eigenvalue weighted by molar-refractivity contribution is 0.0813. The lowest BCUT2D eigenvalue weighted by Gasteiger charge is -2.39. The summed E-state index contributed by atoms with van der Waals surface area (Å²) in [5.74, 6) is 1.55. The van der Waals surface area contributed by atoms with Crippen LogP contribution in [0.1, 0.15) is 54.7 Å². The molecule has 3 heteroatoms. The van der Waals surface area contributed by atoms with Gasteiger partial charge in [-0.05, 0) is 80.3 Å². The van der Waals surface area contributed by atoms with Crippen molar-refractivity contribution in [3.8, 4) is 5.75 Å². The molecule has 1 N–H and O–H groups in total. The first-order chi connectivity index (χ1) is 16.2. The zero-order chi connectivity index (χ0) is 22.9. The van der Waals surface area contributed by atoms with Crippen LogP contribution in [0.25, 0.3) is 0 Å². The quantitative estimate of drug-likeness (QED) is 0.404. The number of aliphatic hydroxyl groups is 1. The van der Waals surface area contributed by atoms with Gasteiger partial charge in [0.05, 0.1) is 6.61 Å². The molecule has 0 radical (unpaired) electrons. The number of nitrogens with zero attached hydrogens (tertiary/aromatic N) is 1. The van der Waals surface area contributed by atoms with E-state index in [1.807, 2.05) is 18.2 Å². The zero-order valence-electron chi connectivity index (χ0n) is 19.8. The van der Waals surface area contributed by atoms with Gasteiger partial charge in [0.1, 0.15) is 12.4 Å². The van der Waals surface area contributed by atoms with Crippen molar-refractivity contribution < 1.29 is 9.84 Å². The van der Waals surface area contributed by atoms with Crippen LogP contribution in [-0.2, 0) is 13.0 Å². The second-order valence-electron chi connectivity index (χ2n) is 9.37. The average Bonchev–Trinajstić information content (AvgIpc) is 2.89. The molecule has 33 heavy (non-hydrogen) atoms. The molecule has 1 aliphatic carbocycles. The molecular weight excluding hydrogens is 406 g/mol. The first-order valence-electron chi connectivity index (χ1n) is 12.4. The predicted octanol–water partition coefficient (Wildman–Crippen LogP) is 6.22. The van der Waals surface area contributed by atoms with Gasteiger partial charge < -0.3 is 9.84 Å². The van der Waals surface area contributed by atoms with E-state index in [0.29, 0.717) is 18.6 Å². The Morgan fingerprint density at radius 1 is 0.818 bits per heavy atom. The van der Waals surface area contributed by atoms with E-state index in [1.165, 1.54) is 42.4 Å². The molecular formula is C30H37NO2. The molecule has 174 valence electrons. The van der Waals surface area contributed by atoms with Crippen LogP contribution in [0.5, 0.6) is 5.75 Å². The van der Waals surface area contributed by atoms with E-state index in [0.717, 1.165) is 18.6 Å². The largest absolute Gasteiger partial charge is 0.489 e. The van der Waals surface area contributed by atoms with Gasteiger partial charge in [0.25, 0.3) is 0 Å². The number of hydrogen-bond acceptors (Lipinski definition) is 3. The monoisotopic (exact) mass is 443 g/mol. The number of benzene rings is 3. The normalized spacial score (nSPS) is 19.4. The van der Waals surface area contributed by atoms with Crippen molar-refractivity contribution in [2.24, 2.45) is 0 Å². The Balaban J connectivity index is 1.24. The van der Waals surface area contributed by atoms with Gasteiger partial charge in [-0.15, -0.1) is 0 Å². The van der Waals surface area contributed by atoms with E-state index in [1.54, 1.807) is 0 Å². The summed E-state index contributed by atoms with van der Waals surface area (Å²) >= 11 is 0. The van der Waals surface area contributed by atoms with Gasteiger partial charge in [-0.2, -0.15) is 0 Å². The van der Waals surface area contributed by atoms with Crippen LogP contribution in [0, 0.1) is 0 Å². The molecule has 1 saturated carbocycles. The molecule has 0 aromatic heterocycles. The summed E-state index contributed by atoms with van der Waals surface area (Å²) < 4.78 is 5.95. The Morgan fingerprint density at radius 2 is 1.42 bits per heavy atom. The molecule has 0 amide bonds. The van der Waals surface area contributed by atoms with Crippen molar-refractivity contribution in [1.29, 1.82) is 0 Å². The summed E-state index contributed by atoms with van der Waals surface area (Å²) in [5.41, 5.74) is 3.96. The summed E-state index contributed by atoms with van der Waals surface area (Å²) in [6.07, 6.45) is 6.81. The third-order valence-corrected chi connectivity index (χ3v) is 7.27. The van der Waals surface area contributed by atoms with Crippen molar-refractivity contribution in [3.05, 3.63) is 102 Å². The van der Waals surface area contributed by atoms with Crippen molar-refractivity contribution in [1.82, 2.24) is 4.90 Å². The predicted molar refractivity (Wildman–Crippen MR) is 136 cm³/mol. The highest BCUT2D eigenvalue weighted by Gasteiger charge is 2.28. The fourth-order valence-electron chi connectivity index (χ4n) is 5.09. The standard InChI is InChI=1S/C30H37NO2/c1-31(29(22-32)17-12-24-8-4-2-5-9-24)28-18-13-26(14-19-28)27-15-20-30(21-16-27)33-23-25-10-6-3-7-11-25/h2-11,15-16,20-21,26,28-29,32H,12-14,17-19,22-23H2,1H3/t26-,28-,29?. The molecule has 0 aliphatic heterocycles. The Bertz CT molecular complexity index is 934. The maximum Gasteiger partial charge on any atom is 0.119 e. The SMILES string of the molecule is CN(C(CO)CCc1ccccc1)[C@H]1CC[C@H](c2ccc(OCc3ccccc3)cc2)CC1. The average molecular weight is 444 g/mol. The van der Waals surface area contributed by atoms with E-state index in [-0.39, 0.29) is 12.6 Å². The number of aryl methyl sites for hydroxylation is 1. The number of likely N-dealkylation sites (N-methyl/N-ethyl adjacent to an activating group) is 1. The molecule has 3 aromatic rings. The second-order valence-corrected chi connectivity index (χ2v) is 9.37. The maximum atomic E-state index is 10.0. The first-order valence-corrected chi connectivity index (χ1v) is 12.4. The van der Waals surface area contributed by atoms with Crippen molar-refractivity contribution >= 4 is 0 Å². The van der Waals surface area contributed by atoms with E-state index in [9.17, 15) is 5.11 Å². The molecule has 0 spiro atoms. The van der Waals surface area contributed by atoms with Crippen LogP contribution in [0.2, 0.25) is 0 Å². The number of rotatable bonds is 10. The molecule has 0 bridgehead atoms. The molecule has 4 rings (SSSR count). The Hall–Kier alpha value is -2.62. The Kier molecular flexibility index (Phi) is 8.57. The lowest BCUT2D eigenvalue weighted by Crippen LogP contribution is -2.44. The van der Waals surface area contributed by atoms with Gasteiger partial charge in [-0.3, -0.25) is 4.90 Å². The molecule has 1 unspecified atom stereocenters. The van der Waals surface area contributed by atoms with Crippen LogP contribution in [0.15, 0.2) is 84.9 Å². The highest BCUT2D eigenvalue weighted by molar-refractivity contribution is 5.30. The fraction of sp³-hybridized carbons (Fsp3) is 0.400. The molecule has 1 aliphatic rings. The van der Waals surface area contributed by atoms with E-state index in [2.05, 4.69) is 78.7 Å². The molecule has 3 nitrogen and oxygen atoms in total. The zero-order valence-corrected chi connectivity index (χ0v) is 19.8. The highest BCUT2D eigenvalue weighted by Crippen LogP contribution is 2.36. The highest BCUT2D eigenvalue weighted by atomic mass is 16.5. The van der Waals surface area contributed by atoms with Gasteiger partial charge >= 0.3 is 0 Å². The van der Waals surface area contributed by atoms with Gasteiger partial charge in [-0.1, -0.05) is 72.8 Å². The minimum Gasteiger partial charge on any atom is -0.489 e. The number of aliphatic hydroxyl groups excluding tert-OH is 1. The molecule has 0 saturated heterocycles. The Labute approximate surface area is 199 Å². The van der Waals surface area contributed by atoms with Crippen LogP contribution in [-0.4, -0.2) is 35.7 Å². The first kappa shape index (κ1) is 23.5. The van der Waals surface area contributed by atoms with Gasteiger partial charge in [-0.25, -0.2) is 0 Å². The van der Waals surface area contributed by atoms with Crippen molar-refractivity contribution in [2.75, 3.05) is 13.7 Å². The van der Waals surface area contributed by atoms with Gasteiger partial charge in [0.2, 0.25) is 0 Å². The van der Waals surface area contributed by atoms with Crippen LogP contribution < -0.4 is 4.74 Å². The molecule has 3 aromatic carbocycles. The third-order valence-electron chi connectivity index (χ3n) is 7.27. The smallest absolute Gasteiger partial charge is 0.119 e. The summed E-state index contributed by atoms with van der Waals surface area (Å²) in [7, 11) is 2.20. The summed E-state index contributed by atoms with van der Waals surface area (Å²) in [5, 5.41) is 10.0. The van der Waals surface area contributed by atoms with E-state index < -0.39 is 0 Å². The van der Waals surface area contributed by atoms with Crippen molar-refractivity contribution in [3.63, 3.8) is 0 Å². The maximum absolute atomic E-state index is 10.0. The summed E-state index contributed by atoms with van der Waals surface area (Å²) in [6.45, 7) is 0.835. The fourth-order valence-corrected chi connectivity index (χ4v) is 5.09. The van der Waals surface area contributed by atoms with E-state index in [4.69, 9.17) is 4.74 Å². The third kappa shape index (κ3) is 6.69. The molecule has 1 atom stereocenters. The van der Waals surface area contributed by atoms with Gasteiger partial charge in [0, 0.05) is 12.1 Å². The summed E-state index contributed by atoms with van der Waals surface area (Å²) in [6, 6.07) is 30.4. The summed E-state index contributed by atoms with van der Waals surface area (Å²) in [4.78, 5) is 2.44. The second kappa shape index (κ2) is 12.0. The minimum absolute atomic E-state index is 0.229. The Morgan fingerprint density at radius 3 is 2.03 bits per heavy atom. The van der Waals surface area contributed by atoms with Gasteiger partial charge in [0.15, 0.2) is 0 Å². The van der Waals surface area contributed by atoms with Crippen LogP contribution in [0.4, 0.5) is 0 Å². The molecule has 0 heterocycles. The lowest BCUT2D eigenvalue weighted by atomic mass is 9.81. The van der Waals surface area contributed by atoms with E-state index >= 15 is 0 Å². The molecule has 1 fully saturated rings. The van der Waals surface area contributed by atoms with Crippen molar-refractivity contribution in [2.45, 2.75) is 63.1 Å². The number of ether oxygens (including phenoxy) is 1. The number of hydrogen-bond donors (Lipinski definition) is 1.